The first-order valence-electron chi connectivity index (χ1n) is 12.6. The smallest absolute Gasteiger partial charge is 0.214 e. The van der Waals surface area contributed by atoms with Crippen molar-refractivity contribution in [1.82, 2.24) is 0 Å². The van der Waals surface area contributed by atoms with Gasteiger partial charge in [-0.05, 0) is 0 Å². The molecule has 0 unspecified atom stereocenters. The molecule has 1 rings (SSSR count). The molecule has 0 spiro atoms. The number of alkyl halides is 9. The number of halogens is 9. The monoisotopic (exact) mass is 826 g/mol. The third kappa shape index (κ3) is 42.5. The molecule has 0 saturated carbocycles. The molecule has 0 aliphatic carbocycles. The second-order valence-corrected chi connectivity index (χ2v) is 15.0. The predicted molar refractivity (Wildman–Crippen MR) is 147 cm³/mol. The van der Waals surface area contributed by atoms with Gasteiger partial charge in [0.1, 0.15) is 0 Å². The van der Waals surface area contributed by atoms with Crippen LogP contribution in [0.15, 0.2) is 30.3 Å². The van der Waals surface area contributed by atoms with Gasteiger partial charge in [-0.25, -0.2) is 12.1 Å². The maximum atomic E-state index is 11.3. The summed E-state index contributed by atoms with van der Waals surface area (Å²) in [5, 5.41) is -5.76. The van der Waals surface area contributed by atoms with Crippen molar-refractivity contribution in [3.05, 3.63) is 46.3 Å². The van der Waals surface area contributed by atoms with E-state index in [1.807, 2.05) is 30.3 Å². The molecule has 1 radical (unpaired) electrons. The van der Waals surface area contributed by atoms with Crippen LogP contribution in [-0.2, 0) is 25.8 Å². The van der Waals surface area contributed by atoms with Crippen molar-refractivity contribution >= 4 is 14.3 Å². The second-order valence-electron chi connectivity index (χ2n) is 9.84. The molecule has 0 aromatic heterocycles. The molecule has 237 valence electrons. The summed E-state index contributed by atoms with van der Waals surface area (Å²) >= 11 is -7.10. The van der Waals surface area contributed by atoms with Crippen LogP contribution in [0.1, 0.15) is 83.1 Å². The molecule has 1 aromatic carbocycles. The van der Waals surface area contributed by atoms with Gasteiger partial charge in [0.15, 0.2) is 0 Å². The van der Waals surface area contributed by atoms with Crippen LogP contribution in [-0.4, -0.2) is 65.6 Å². The zero-order valence-electron chi connectivity index (χ0n) is 25.6. The van der Waals surface area contributed by atoms with E-state index in [0.29, 0.717) is 36.3 Å². The largest absolute Gasteiger partial charge is 4.00 e. The van der Waals surface area contributed by atoms with Gasteiger partial charge in [-0.15, -0.1) is 36.3 Å². The Balaban J connectivity index is -0.000000132. The summed E-state index contributed by atoms with van der Waals surface area (Å²) < 4.78 is 102. The van der Waals surface area contributed by atoms with Gasteiger partial charge in [-0.2, -0.15) is 18.2 Å². The molecule has 14 heteroatoms. The Morgan fingerprint density at radius 3 is 0.650 bits per heavy atom. The Bertz CT molecular complexity index is 529. The fraction of sp³-hybridized carbons (Fsp3) is 0.808. The van der Waals surface area contributed by atoms with Gasteiger partial charge in [-0.1, -0.05) is 83.1 Å². The van der Waals surface area contributed by atoms with Crippen LogP contribution in [0, 0.1) is 0 Å². The molecule has 1 aromatic rings. The summed E-state index contributed by atoms with van der Waals surface area (Å²) in [5.74, 6) is 0. The zero-order valence-corrected chi connectivity index (χ0v) is 31.3. The normalized spacial score (nSPS) is 11.8. The molecule has 0 heterocycles. The first-order valence-corrected chi connectivity index (χ1v) is 15.7. The third-order valence-electron chi connectivity index (χ3n) is 3.19. The van der Waals surface area contributed by atoms with Gasteiger partial charge in [-0.3, -0.25) is 0 Å². The molecule has 0 fully saturated rings. The average molecular weight is 824 g/mol. The van der Waals surface area contributed by atoms with Crippen molar-refractivity contribution in [1.29, 1.82) is 0 Å². The topological polar surface area (TPSA) is 42.3 Å². The molecule has 3 nitrogen and oxygen atoms in total. The number of nitrogens with zero attached hydrogens (tertiary/aromatic N) is 3. The van der Waals surface area contributed by atoms with E-state index >= 15 is 0 Å². The van der Waals surface area contributed by atoms with Gasteiger partial charge in [0.2, 0.25) is 0 Å². The first kappa shape index (κ1) is 49.7. The quantitative estimate of drug-likeness (QED) is 0.156. The van der Waals surface area contributed by atoms with Crippen molar-refractivity contribution < 1.29 is 65.4 Å². The molecule has 0 aliphatic heterocycles. The minimum atomic E-state index is -7.10. The number of hydrogen-bond donors (Lipinski definition) is 0. The Morgan fingerprint density at radius 1 is 0.450 bits per heavy atom. The second kappa shape index (κ2) is 25.5. The van der Waals surface area contributed by atoms with E-state index < -0.39 is 29.4 Å². The molecule has 0 atom stereocenters. The van der Waals surface area contributed by atoms with Gasteiger partial charge >= 0.3 is 94.7 Å². The summed E-state index contributed by atoms with van der Waals surface area (Å²) in [4.78, 5) is 0. The van der Waals surface area contributed by atoms with Gasteiger partial charge in [0.05, 0.1) is 0 Å². The standard InChI is InChI=1S/3C6H14N.C5H5.C3F9Ge.Hf/c3*1-5(2)7-6(3)4;1-2-4-5-3-1;4-1(5,6)13(2(7,8)9)3(10,11)12;/h3*5-6H,1-4H3;1-5H;;/q4*-1;;+4. The predicted octanol–water partition coefficient (Wildman–Crippen LogP) is 10.7. The van der Waals surface area contributed by atoms with Gasteiger partial charge < -0.3 is 16.0 Å². The molecule has 0 N–H and O–H groups in total. The number of rotatable bonds is 6. The number of hydrogen-bond acceptors (Lipinski definition) is 0. The van der Waals surface area contributed by atoms with E-state index in [-0.39, 0.29) is 25.8 Å². The van der Waals surface area contributed by atoms with Crippen molar-refractivity contribution in [2.45, 2.75) is 134 Å². The maximum absolute atomic E-state index is 11.3. The van der Waals surface area contributed by atoms with E-state index in [4.69, 9.17) is 0 Å². The van der Waals surface area contributed by atoms with Gasteiger partial charge in [0, 0.05) is 0 Å². The fourth-order valence-electron chi connectivity index (χ4n) is 2.59. The summed E-state index contributed by atoms with van der Waals surface area (Å²) in [6.07, 6.45) is 0. The minimum absolute atomic E-state index is 0. The maximum Gasteiger partial charge on any atom is 4.00 e. The van der Waals surface area contributed by atoms with Crippen molar-refractivity contribution in [2.24, 2.45) is 0 Å². The van der Waals surface area contributed by atoms with Crippen molar-refractivity contribution in [2.75, 3.05) is 0 Å². The van der Waals surface area contributed by atoms with E-state index in [1.54, 1.807) is 0 Å². The fourth-order valence-corrected chi connectivity index (χ4v) is 4.61. The molecule has 40 heavy (non-hydrogen) atoms. The molecule has 0 saturated heterocycles. The van der Waals surface area contributed by atoms with Crippen LogP contribution in [0.4, 0.5) is 39.5 Å². The molecule has 0 aliphatic rings. The summed E-state index contributed by atoms with van der Waals surface area (Å²) in [6, 6.07) is 13.0. The summed E-state index contributed by atoms with van der Waals surface area (Å²) in [5.41, 5.74) is 0. The minimum Gasteiger partial charge on any atom is -0.214 e. The van der Waals surface area contributed by atoms with Gasteiger partial charge in [0.25, 0.3) is 0 Å². The van der Waals surface area contributed by atoms with E-state index in [0.717, 1.165) is 0 Å². The average Bonchev–Trinajstić information content (AvgIpc) is 3.14. The summed E-state index contributed by atoms with van der Waals surface area (Å²) in [6.45, 7) is 25.2. The molecule has 0 amide bonds. The Kier molecular flexibility index (Phi) is 31.7. The first-order chi connectivity index (χ1) is 17.2. The Hall–Kier alpha value is 0.0130. The third-order valence-corrected chi connectivity index (χ3v) is 6.76. The van der Waals surface area contributed by atoms with Crippen LogP contribution >= 0.6 is 0 Å². The summed E-state index contributed by atoms with van der Waals surface area (Å²) in [7, 11) is 0. The van der Waals surface area contributed by atoms with Crippen LogP contribution in [0.2, 0.25) is 0 Å². The molecular formula is C26H47F9GeHfN3. The van der Waals surface area contributed by atoms with Crippen LogP contribution in [0.5, 0.6) is 0 Å². The zero-order chi connectivity index (χ0) is 32.2. The Labute approximate surface area is 259 Å². The van der Waals surface area contributed by atoms with Crippen molar-refractivity contribution in [3.63, 3.8) is 0 Å². The molecule has 0 bridgehead atoms. The van der Waals surface area contributed by atoms with Crippen LogP contribution in [0.25, 0.3) is 16.0 Å². The van der Waals surface area contributed by atoms with Crippen LogP contribution < -0.4 is 0 Å². The van der Waals surface area contributed by atoms with E-state index in [1.165, 1.54) is 0 Å². The molecular weight excluding hydrogens is 776 g/mol. The van der Waals surface area contributed by atoms with E-state index in [9.17, 15) is 39.5 Å². The van der Waals surface area contributed by atoms with E-state index in [2.05, 4.69) is 99.0 Å². The Morgan fingerprint density at radius 2 is 0.625 bits per heavy atom. The SMILES string of the molecule is CC(C)[N-]C(C)C.CC(C)[N-]C(C)C.CC(C)[N-]C(C)C.F[C](F)(F)[Ge]([C](F)(F)F)[C](F)(F)F.[Hf+4].c1cc[cH-]c1. The van der Waals surface area contributed by atoms with Crippen LogP contribution in [0.3, 0.4) is 0 Å². The van der Waals surface area contributed by atoms with Crippen molar-refractivity contribution in [3.8, 4) is 0 Å².